The lowest BCUT2D eigenvalue weighted by molar-refractivity contribution is -0.125. The van der Waals surface area contributed by atoms with Gasteiger partial charge in [0.1, 0.15) is 22.8 Å². The monoisotopic (exact) mass is 396 g/mol. The third-order valence-corrected chi connectivity index (χ3v) is 4.51. The van der Waals surface area contributed by atoms with Gasteiger partial charge in [-0.05, 0) is 38.1 Å². The van der Waals surface area contributed by atoms with E-state index in [1.54, 1.807) is 48.2 Å². The molecule has 1 aliphatic heterocycles. The van der Waals surface area contributed by atoms with Gasteiger partial charge in [-0.15, -0.1) is 0 Å². The SMILES string of the molecule is C=C(C)CN1C(=O)C(C)Oc2cc(NC(=O)c3c(OC)cccc3OC)ccc21. The Kier molecular flexibility index (Phi) is 5.77. The predicted molar refractivity (Wildman–Crippen MR) is 111 cm³/mol. The highest BCUT2D eigenvalue weighted by molar-refractivity contribution is 6.08. The minimum absolute atomic E-state index is 0.129. The highest BCUT2D eigenvalue weighted by atomic mass is 16.5. The van der Waals surface area contributed by atoms with Crippen molar-refractivity contribution < 1.29 is 23.8 Å². The van der Waals surface area contributed by atoms with Crippen LogP contribution in [0, 0.1) is 0 Å². The van der Waals surface area contributed by atoms with Gasteiger partial charge in [-0.2, -0.15) is 0 Å². The molecule has 1 N–H and O–H groups in total. The summed E-state index contributed by atoms with van der Waals surface area (Å²) in [6.07, 6.45) is -0.623. The second-order valence-electron chi connectivity index (χ2n) is 6.82. The van der Waals surface area contributed by atoms with E-state index in [4.69, 9.17) is 14.2 Å². The van der Waals surface area contributed by atoms with E-state index in [-0.39, 0.29) is 11.8 Å². The van der Waals surface area contributed by atoms with Crippen LogP contribution in [0.4, 0.5) is 11.4 Å². The first-order valence-corrected chi connectivity index (χ1v) is 9.14. The van der Waals surface area contributed by atoms with E-state index in [1.807, 2.05) is 6.92 Å². The molecule has 2 amide bonds. The minimum Gasteiger partial charge on any atom is -0.496 e. The number of fused-ring (bicyclic) bond motifs is 1. The highest BCUT2D eigenvalue weighted by Gasteiger charge is 2.31. The van der Waals surface area contributed by atoms with Crippen molar-refractivity contribution in [1.29, 1.82) is 0 Å². The average Bonchev–Trinajstić information content (AvgIpc) is 2.70. The number of nitrogens with one attached hydrogen (secondary N) is 1. The maximum absolute atomic E-state index is 12.9. The van der Waals surface area contributed by atoms with Gasteiger partial charge in [-0.3, -0.25) is 9.59 Å². The first kappa shape index (κ1) is 20.3. The van der Waals surface area contributed by atoms with Gasteiger partial charge in [-0.1, -0.05) is 18.2 Å². The summed E-state index contributed by atoms with van der Waals surface area (Å²) < 4.78 is 16.3. The van der Waals surface area contributed by atoms with E-state index < -0.39 is 6.10 Å². The molecule has 2 aromatic carbocycles. The molecule has 1 heterocycles. The van der Waals surface area contributed by atoms with Crippen LogP contribution >= 0.6 is 0 Å². The van der Waals surface area contributed by atoms with E-state index in [0.717, 1.165) is 5.57 Å². The Hall–Kier alpha value is -3.48. The van der Waals surface area contributed by atoms with Crippen LogP contribution in [0.15, 0.2) is 48.6 Å². The molecule has 1 aliphatic rings. The van der Waals surface area contributed by atoms with E-state index in [2.05, 4.69) is 11.9 Å². The Labute approximate surface area is 169 Å². The maximum Gasteiger partial charge on any atom is 0.268 e. The molecule has 0 fully saturated rings. The Morgan fingerprint density at radius 1 is 1.21 bits per heavy atom. The zero-order valence-electron chi connectivity index (χ0n) is 16.9. The second kappa shape index (κ2) is 8.26. The van der Waals surface area contributed by atoms with Crippen molar-refractivity contribution in [3.8, 4) is 17.2 Å². The quantitative estimate of drug-likeness (QED) is 0.755. The molecule has 0 spiro atoms. The lowest BCUT2D eigenvalue weighted by Gasteiger charge is -2.33. The molecule has 7 nitrogen and oxygen atoms in total. The predicted octanol–water partition coefficient (Wildman–Crippen LogP) is 3.65. The van der Waals surface area contributed by atoms with Crippen LogP contribution in [-0.4, -0.2) is 38.7 Å². The van der Waals surface area contributed by atoms with Crippen molar-refractivity contribution in [3.05, 3.63) is 54.1 Å². The van der Waals surface area contributed by atoms with Crippen LogP contribution in [0.5, 0.6) is 17.2 Å². The van der Waals surface area contributed by atoms with Gasteiger partial charge in [0.15, 0.2) is 6.10 Å². The van der Waals surface area contributed by atoms with Crippen molar-refractivity contribution in [2.24, 2.45) is 0 Å². The van der Waals surface area contributed by atoms with Crippen molar-refractivity contribution >= 4 is 23.2 Å². The summed E-state index contributed by atoms with van der Waals surface area (Å²) in [4.78, 5) is 27.0. The number of methoxy groups -OCH3 is 2. The standard InChI is InChI=1S/C22H24N2O5/c1-13(2)12-24-16-10-9-15(11-19(16)29-14(3)22(24)26)23-21(25)20-17(27-4)7-6-8-18(20)28-5/h6-11,14H,1,12H2,2-5H3,(H,23,25). The largest absolute Gasteiger partial charge is 0.496 e. The molecule has 0 aromatic heterocycles. The molecule has 1 unspecified atom stereocenters. The fraction of sp³-hybridized carbons (Fsp3) is 0.273. The Morgan fingerprint density at radius 3 is 2.45 bits per heavy atom. The van der Waals surface area contributed by atoms with Gasteiger partial charge in [-0.25, -0.2) is 0 Å². The number of ether oxygens (including phenoxy) is 3. The Balaban J connectivity index is 1.91. The Bertz CT molecular complexity index is 947. The smallest absolute Gasteiger partial charge is 0.268 e. The number of carbonyl (C=O) groups is 2. The minimum atomic E-state index is -0.623. The molecule has 0 saturated carbocycles. The summed E-state index contributed by atoms with van der Waals surface area (Å²) in [5.41, 5.74) is 2.32. The van der Waals surface area contributed by atoms with Crippen LogP contribution in [0.25, 0.3) is 0 Å². The van der Waals surface area contributed by atoms with Crippen molar-refractivity contribution in [2.75, 3.05) is 31.0 Å². The van der Waals surface area contributed by atoms with Gasteiger partial charge in [0.2, 0.25) is 0 Å². The number of benzene rings is 2. The molecule has 0 bridgehead atoms. The third-order valence-electron chi connectivity index (χ3n) is 4.51. The fourth-order valence-electron chi connectivity index (χ4n) is 3.19. The fourth-order valence-corrected chi connectivity index (χ4v) is 3.19. The zero-order chi connectivity index (χ0) is 21.1. The van der Waals surface area contributed by atoms with Crippen molar-refractivity contribution in [2.45, 2.75) is 20.0 Å². The number of hydrogen-bond donors (Lipinski definition) is 1. The van der Waals surface area contributed by atoms with Crippen LogP contribution in [0.3, 0.4) is 0 Å². The van der Waals surface area contributed by atoms with Crippen LogP contribution in [0.1, 0.15) is 24.2 Å². The highest BCUT2D eigenvalue weighted by Crippen LogP contribution is 2.37. The van der Waals surface area contributed by atoms with Crippen LogP contribution in [-0.2, 0) is 4.79 Å². The van der Waals surface area contributed by atoms with E-state index in [1.165, 1.54) is 14.2 Å². The average molecular weight is 396 g/mol. The van der Waals surface area contributed by atoms with Gasteiger partial charge < -0.3 is 24.4 Å². The first-order valence-electron chi connectivity index (χ1n) is 9.14. The van der Waals surface area contributed by atoms with E-state index in [9.17, 15) is 9.59 Å². The lowest BCUT2D eigenvalue weighted by atomic mass is 10.1. The summed E-state index contributed by atoms with van der Waals surface area (Å²) in [6, 6.07) is 10.3. The topological polar surface area (TPSA) is 77.1 Å². The van der Waals surface area contributed by atoms with Crippen molar-refractivity contribution in [3.63, 3.8) is 0 Å². The number of carbonyl (C=O) groups excluding carboxylic acids is 2. The molecule has 3 rings (SSSR count). The molecule has 2 aromatic rings. The van der Waals surface area contributed by atoms with Gasteiger partial charge in [0.25, 0.3) is 11.8 Å². The Morgan fingerprint density at radius 2 is 1.86 bits per heavy atom. The third kappa shape index (κ3) is 4.03. The van der Waals surface area contributed by atoms with Crippen LogP contribution in [0.2, 0.25) is 0 Å². The number of hydrogen-bond acceptors (Lipinski definition) is 5. The summed E-state index contributed by atoms with van der Waals surface area (Å²) >= 11 is 0. The summed E-state index contributed by atoms with van der Waals surface area (Å²) in [6.45, 7) is 7.86. The lowest BCUT2D eigenvalue weighted by Crippen LogP contribution is -2.45. The normalized spacial score (nSPS) is 15.2. The number of amides is 2. The van der Waals surface area contributed by atoms with Gasteiger partial charge in [0, 0.05) is 18.3 Å². The van der Waals surface area contributed by atoms with E-state index in [0.29, 0.717) is 40.7 Å². The molecule has 0 saturated heterocycles. The number of rotatable bonds is 6. The second-order valence-corrected chi connectivity index (χ2v) is 6.82. The van der Waals surface area contributed by atoms with Gasteiger partial charge >= 0.3 is 0 Å². The van der Waals surface area contributed by atoms with Crippen molar-refractivity contribution in [1.82, 2.24) is 0 Å². The molecule has 152 valence electrons. The molecule has 0 aliphatic carbocycles. The van der Waals surface area contributed by atoms with E-state index >= 15 is 0 Å². The maximum atomic E-state index is 12.9. The van der Waals surface area contributed by atoms with Crippen LogP contribution < -0.4 is 24.4 Å². The number of nitrogens with zero attached hydrogens (tertiary/aromatic N) is 1. The number of anilines is 2. The molecule has 0 radical (unpaired) electrons. The molecule has 7 heteroatoms. The molecule has 29 heavy (non-hydrogen) atoms. The molecular formula is C22H24N2O5. The first-order chi connectivity index (χ1) is 13.8. The molecular weight excluding hydrogens is 372 g/mol. The summed E-state index contributed by atoms with van der Waals surface area (Å²) in [5, 5.41) is 2.84. The summed E-state index contributed by atoms with van der Waals surface area (Å²) in [5.74, 6) is 0.822. The zero-order valence-corrected chi connectivity index (χ0v) is 16.9. The van der Waals surface area contributed by atoms with Gasteiger partial charge in [0.05, 0.1) is 19.9 Å². The molecule has 1 atom stereocenters. The summed E-state index contributed by atoms with van der Waals surface area (Å²) in [7, 11) is 2.99.